The fraction of sp³-hybridized carbons (Fsp3) is 0.133. The van der Waals surface area contributed by atoms with Crippen molar-refractivity contribution >= 4 is 23.1 Å². The third-order valence-electron chi connectivity index (χ3n) is 2.77. The summed E-state index contributed by atoms with van der Waals surface area (Å²) < 4.78 is 5.73. The zero-order chi connectivity index (χ0) is 14.0. The van der Waals surface area contributed by atoms with E-state index in [-0.39, 0.29) is 5.78 Å². The lowest BCUT2D eigenvalue weighted by molar-refractivity contribution is 0.101. The average molecular weight is 276 g/mol. The number of rotatable bonds is 3. The first-order chi connectivity index (χ1) is 8.97. The Morgan fingerprint density at radius 2 is 1.95 bits per heavy atom. The van der Waals surface area contributed by atoms with Gasteiger partial charge in [-0.1, -0.05) is 11.6 Å². The van der Waals surface area contributed by atoms with Gasteiger partial charge in [0.1, 0.15) is 11.5 Å². The monoisotopic (exact) mass is 275 g/mol. The van der Waals surface area contributed by atoms with Crippen molar-refractivity contribution in [2.24, 2.45) is 0 Å². The largest absolute Gasteiger partial charge is 0.457 e. The van der Waals surface area contributed by atoms with Crippen molar-refractivity contribution in [3.05, 3.63) is 52.5 Å². The first kappa shape index (κ1) is 13.4. The van der Waals surface area contributed by atoms with Gasteiger partial charge in [-0.3, -0.25) is 4.79 Å². The van der Waals surface area contributed by atoms with Crippen LogP contribution in [0.3, 0.4) is 0 Å². The van der Waals surface area contributed by atoms with Crippen LogP contribution < -0.4 is 10.5 Å². The zero-order valence-electron chi connectivity index (χ0n) is 10.7. The van der Waals surface area contributed by atoms with Crippen molar-refractivity contribution in [2.75, 3.05) is 5.73 Å². The number of anilines is 1. The maximum absolute atomic E-state index is 11.3. The van der Waals surface area contributed by atoms with Gasteiger partial charge in [0.2, 0.25) is 0 Å². The van der Waals surface area contributed by atoms with Crippen molar-refractivity contribution in [3.63, 3.8) is 0 Å². The quantitative estimate of drug-likeness (QED) is 0.674. The smallest absolute Gasteiger partial charge is 0.161 e. The van der Waals surface area contributed by atoms with Crippen molar-refractivity contribution < 1.29 is 9.53 Å². The molecule has 0 atom stereocenters. The second-order valence-corrected chi connectivity index (χ2v) is 4.75. The highest BCUT2D eigenvalue weighted by Crippen LogP contribution is 2.29. The molecule has 0 fully saturated rings. The van der Waals surface area contributed by atoms with Crippen LogP contribution in [0.4, 0.5) is 5.69 Å². The average Bonchev–Trinajstić information content (AvgIpc) is 2.32. The molecule has 2 rings (SSSR count). The molecule has 0 aromatic heterocycles. The van der Waals surface area contributed by atoms with Crippen LogP contribution in [-0.4, -0.2) is 5.78 Å². The Bertz CT molecular complexity index is 638. The summed E-state index contributed by atoms with van der Waals surface area (Å²) in [7, 11) is 0. The number of hydrogen-bond donors (Lipinski definition) is 1. The molecule has 2 aromatic carbocycles. The van der Waals surface area contributed by atoms with Gasteiger partial charge in [0.15, 0.2) is 5.78 Å². The molecule has 0 aliphatic carbocycles. The summed E-state index contributed by atoms with van der Waals surface area (Å²) in [6, 6.07) is 10.4. The predicted octanol–water partition coefficient (Wildman–Crippen LogP) is 4.23. The molecule has 0 aliphatic heterocycles. The van der Waals surface area contributed by atoms with Gasteiger partial charge < -0.3 is 10.5 Å². The Labute approximate surface area is 117 Å². The van der Waals surface area contributed by atoms with E-state index in [1.54, 1.807) is 30.3 Å². The summed E-state index contributed by atoms with van der Waals surface area (Å²) >= 11 is 5.89. The van der Waals surface area contributed by atoms with Crippen molar-refractivity contribution in [1.82, 2.24) is 0 Å². The molecule has 2 aromatic rings. The minimum absolute atomic E-state index is 0.0632. The molecule has 0 spiro atoms. The summed E-state index contributed by atoms with van der Waals surface area (Å²) in [5, 5.41) is 0.663. The Kier molecular flexibility index (Phi) is 3.76. The molecule has 3 nitrogen and oxygen atoms in total. The van der Waals surface area contributed by atoms with Crippen LogP contribution in [0.2, 0.25) is 5.02 Å². The van der Waals surface area contributed by atoms with Gasteiger partial charge in [0, 0.05) is 22.3 Å². The summed E-state index contributed by atoms with van der Waals surface area (Å²) in [5.74, 6) is 1.24. The topological polar surface area (TPSA) is 52.3 Å². The Morgan fingerprint density at radius 1 is 1.21 bits per heavy atom. The Balaban J connectivity index is 2.29. The summed E-state index contributed by atoms with van der Waals surface area (Å²) in [6.45, 7) is 3.39. The molecule has 2 N–H and O–H groups in total. The number of nitrogens with two attached hydrogens (primary N) is 1. The summed E-state index contributed by atoms with van der Waals surface area (Å²) in [4.78, 5) is 11.3. The first-order valence-electron chi connectivity index (χ1n) is 5.82. The number of ether oxygens (including phenoxy) is 1. The van der Waals surface area contributed by atoms with Crippen LogP contribution in [-0.2, 0) is 0 Å². The van der Waals surface area contributed by atoms with Crippen molar-refractivity contribution in [3.8, 4) is 11.5 Å². The van der Waals surface area contributed by atoms with Crippen molar-refractivity contribution in [2.45, 2.75) is 13.8 Å². The molecular formula is C15H14ClNO2. The van der Waals surface area contributed by atoms with E-state index in [4.69, 9.17) is 22.1 Å². The normalized spacial score (nSPS) is 10.3. The van der Waals surface area contributed by atoms with E-state index >= 15 is 0 Å². The standard InChI is InChI=1S/C15H14ClNO2/c1-9-7-11(16)3-6-15(9)19-12-4-5-13(10(2)18)14(17)8-12/h3-8H,17H2,1-2H3. The second-order valence-electron chi connectivity index (χ2n) is 4.32. The van der Waals surface area contributed by atoms with Gasteiger partial charge >= 0.3 is 0 Å². The zero-order valence-corrected chi connectivity index (χ0v) is 11.5. The van der Waals surface area contributed by atoms with Gasteiger partial charge in [0.05, 0.1) is 0 Å². The number of halogens is 1. The number of aryl methyl sites for hydroxylation is 1. The molecular weight excluding hydrogens is 262 g/mol. The molecule has 4 heteroatoms. The number of Topliss-reactive ketones (excluding diaryl/α,β-unsaturated/α-hetero) is 1. The molecule has 0 aliphatic rings. The molecule has 0 amide bonds. The minimum Gasteiger partial charge on any atom is -0.457 e. The van der Waals surface area contributed by atoms with Crippen LogP contribution >= 0.6 is 11.6 Å². The molecule has 98 valence electrons. The van der Waals surface area contributed by atoms with E-state index in [1.165, 1.54) is 6.92 Å². The highest BCUT2D eigenvalue weighted by molar-refractivity contribution is 6.30. The number of nitrogen functional groups attached to an aromatic ring is 1. The van der Waals surface area contributed by atoms with E-state index in [2.05, 4.69) is 0 Å². The van der Waals surface area contributed by atoms with Gasteiger partial charge in [-0.15, -0.1) is 0 Å². The second kappa shape index (κ2) is 5.33. The van der Waals surface area contributed by atoms with Gasteiger partial charge in [0.25, 0.3) is 0 Å². The molecule has 0 heterocycles. The van der Waals surface area contributed by atoms with Crippen LogP contribution in [0.25, 0.3) is 0 Å². The molecule has 0 radical (unpaired) electrons. The summed E-state index contributed by atoms with van der Waals surface area (Å²) in [6.07, 6.45) is 0. The van der Waals surface area contributed by atoms with E-state index in [0.29, 0.717) is 27.8 Å². The minimum atomic E-state index is -0.0632. The Morgan fingerprint density at radius 3 is 2.53 bits per heavy atom. The molecule has 0 saturated carbocycles. The first-order valence-corrected chi connectivity index (χ1v) is 6.19. The van der Waals surface area contributed by atoms with Gasteiger partial charge in [-0.05, 0) is 49.7 Å². The fourth-order valence-corrected chi connectivity index (χ4v) is 2.01. The maximum Gasteiger partial charge on any atom is 0.161 e. The van der Waals surface area contributed by atoms with Crippen LogP contribution in [0.1, 0.15) is 22.8 Å². The van der Waals surface area contributed by atoms with E-state index in [9.17, 15) is 4.79 Å². The summed E-state index contributed by atoms with van der Waals surface area (Å²) in [5.41, 5.74) is 7.66. The number of hydrogen-bond acceptors (Lipinski definition) is 3. The molecule has 19 heavy (non-hydrogen) atoms. The van der Waals surface area contributed by atoms with Crippen LogP contribution in [0.5, 0.6) is 11.5 Å². The highest BCUT2D eigenvalue weighted by Gasteiger charge is 2.07. The maximum atomic E-state index is 11.3. The molecule has 0 saturated heterocycles. The molecule has 0 bridgehead atoms. The van der Waals surface area contributed by atoms with E-state index < -0.39 is 0 Å². The van der Waals surface area contributed by atoms with Crippen LogP contribution in [0.15, 0.2) is 36.4 Å². The van der Waals surface area contributed by atoms with Crippen LogP contribution in [0, 0.1) is 6.92 Å². The number of ketones is 1. The highest BCUT2D eigenvalue weighted by atomic mass is 35.5. The van der Waals surface area contributed by atoms with Crippen molar-refractivity contribution in [1.29, 1.82) is 0 Å². The predicted molar refractivity (Wildman–Crippen MR) is 77.1 cm³/mol. The number of carbonyl (C=O) groups excluding carboxylic acids is 1. The third kappa shape index (κ3) is 3.06. The Hall–Kier alpha value is -2.00. The van der Waals surface area contributed by atoms with Gasteiger partial charge in [-0.25, -0.2) is 0 Å². The molecule has 0 unspecified atom stereocenters. The van der Waals surface area contributed by atoms with Gasteiger partial charge in [-0.2, -0.15) is 0 Å². The van der Waals surface area contributed by atoms with E-state index in [1.807, 2.05) is 13.0 Å². The lowest BCUT2D eigenvalue weighted by atomic mass is 10.1. The SMILES string of the molecule is CC(=O)c1ccc(Oc2ccc(Cl)cc2C)cc1N. The third-order valence-corrected chi connectivity index (χ3v) is 3.00. The van der Waals surface area contributed by atoms with E-state index in [0.717, 1.165) is 5.56 Å². The fourth-order valence-electron chi connectivity index (χ4n) is 1.78. The number of benzene rings is 2. The lowest BCUT2D eigenvalue weighted by Crippen LogP contribution is -1.99. The number of carbonyl (C=O) groups is 1. The lowest BCUT2D eigenvalue weighted by Gasteiger charge is -2.10.